The Morgan fingerprint density at radius 1 is 1.14 bits per heavy atom. The van der Waals surface area contributed by atoms with Gasteiger partial charge in [0, 0.05) is 30.9 Å². The quantitative estimate of drug-likeness (QED) is 0.746. The minimum absolute atomic E-state index is 0.0826. The summed E-state index contributed by atoms with van der Waals surface area (Å²) in [7, 11) is 0. The van der Waals surface area contributed by atoms with Crippen molar-refractivity contribution in [1.29, 1.82) is 0 Å². The largest absolute Gasteiger partial charge is 0.356 e. The molecule has 1 aromatic heterocycles. The van der Waals surface area contributed by atoms with Gasteiger partial charge in [0.15, 0.2) is 0 Å². The van der Waals surface area contributed by atoms with Crippen LogP contribution in [0.2, 0.25) is 0 Å². The number of para-hydroxylation sites is 1. The smallest absolute Gasteiger partial charge is 0.224 e. The number of benzene rings is 1. The number of aromatic nitrogens is 2. The average Bonchev–Trinajstić information content (AvgIpc) is 2.93. The van der Waals surface area contributed by atoms with Crippen molar-refractivity contribution in [3.63, 3.8) is 0 Å². The summed E-state index contributed by atoms with van der Waals surface area (Å²) < 4.78 is 1.93. The number of nitrogens with one attached hydrogen (secondary N) is 1. The fourth-order valence-corrected chi connectivity index (χ4v) is 4.48. The summed E-state index contributed by atoms with van der Waals surface area (Å²) in [6.45, 7) is 12.9. The van der Waals surface area contributed by atoms with Crippen LogP contribution in [-0.2, 0) is 11.2 Å². The molecule has 0 spiro atoms. The van der Waals surface area contributed by atoms with E-state index in [-0.39, 0.29) is 5.91 Å². The molecule has 2 heterocycles. The standard InChI is InChI=1S/C23H34N4O/c1-17-13-18(2)16-26(15-17)12-8-11-24-23(28)14-22-19(3)25-27(20(22)4)21-9-6-5-7-10-21/h5-7,9-10,17-18H,8,11-16H2,1-4H3,(H,24,28). The van der Waals surface area contributed by atoms with Crippen molar-refractivity contribution in [3.8, 4) is 5.69 Å². The molecule has 0 bridgehead atoms. The first kappa shape index (κ1) is 20.6. The van der Waals surface area contributed by atoms with Crippen LogP contribution >= 0.6 is 0 Å². The van der Waals surface area contributed by atoms with Gasteiger partial charge >= 0.3 is 0 Å². The van der Waals surface area contributed by atoms with Gasteiger partial charge in [-0.25, -0.2) is 4.68 Å². The molecule has 1 aromatic carbocycles. The monoisotopic (exact) mass is 382 g/mol. The fourth-order valence-electron chi connectivity index (χ4n) is 4.48. The van der Waals surface area contributed by atoms with E-state index < -0.39 is 0 Å². The molecule has 2 aromatic rings. The second-order valence-electron chi connectivity index (χ2n) is 8.48. The van der Waals surface area contributed by atoms with Gasteiger partial charge in [0.1, 0.15) is 0 Å². The molecule has 152 valence electrons. The van der Waals surface area contributed by atoms with Gasteiger partial charge in [0.2, 0.25) is 5.91 Å². The minimum Gasteiger partial charge on any atom is -0.356 e. The highest BCUT2D eigenvalue weighted by atomic mass is 16.1. The van der Waals surface area contributed by atoms with Gasteiger partial charge in [-0.3, -0.25) is 4.79 Å². The van der Waals surface area contributed by atoms with Gasteiger partial charge in [-0.2, -0.15) is 5.10 Å². The van der Waals surface area contributed by atoms with E-state index in [2.05, 4.69) is 29.2 Å². The molecule has 2 atom stereocenters. The van der Waals surface area contributed by atoms with E-state index in [1.807, 2.05) is 48.9 Å². The topological polar surface area (TPSA) is 50.2 Å². The molecule has 1 aliphatic rings. The summed E-state index contributed by atoms with van der Waals surface area (Å²) in [5.41, 5.74) is 4.02. The van der Waals surface area contributed by atoms with Crippen LogP contribution in [0.25, 0.3) is 5.69 Å². The van der Waals surface area contributed by atoms with Gasteiger partial charge in [0.25, 0.3) is 0 Å². The Kier molecular flexibility index (Phi) is 6.89. The number of aryl methyl sites for hydroxylation is 1. The molecule has 0 saturated carbocycles. The molecule has 5 nitrogen and oxygen atoms in total. The van der Waals surface area contributed by atoms with Crippen LogP contribution in [0.5, 0.6) is 0 Å². The second-order valence-corrected chi connectivity index (χ2v) is 8.48. The Bertz CT molecular complexity index is 773. The van der Waals surface area contributed by atoms with Gasteiger partial charge < -0.3 is 10.2 Å². The zero-order valence-corrected chi connectivity index (χ0v) is 17.7. The summed E-state index contributed by atoms with van der Waals surface area (Å²) in [5, 5.41) is 7.73. The van der Waals surface area contributed by atoms with E-state index in [0.29, 0.717) is 6.42 Å². The van der Waals surface area contributed by atoms with E-state index in [0.717, 1.165) is 54.0 Å². The maximum atomic E-state index is 12.5. The van der Waals surface area contributed by atoms with Gasteiger partial charge in [-0.05, 0) is 57.2 Å². The summed E-state index contributed by atoms with van der Waals surface area (Å²) in [5.74, 6) is 1.65. The van der Waals surface area contributed by atoms with Crippen molar-refractivity contribution in [1.82, 2.24) is 20.0 Å². The number of hydrogen-bond donors (Lipinski definition) is 1. The first-order valence-electron chi connectivity index (χ1n) is 10.5. The maximum Gasteiger partial charge on any atom is 0.224 e. The summed E-state index contributed by atoms with van der Waals surface area (Å²) in [6.07, 6.45) is 2.73. The van der Waals surface area contributed by atoms with Crippen molar-refractivity contribution in [2.24, 2.45) is 11.8 Å². The number of amides is 1. The molecule has 1 amide bonds. The zero-order valence-electron chi connectivity index (χ0n) is 17.7. The Morgan fingerprint density at radius 2 is 1.82 bits per heavy atom. The molecule has 2 unspecified atom stereocenters. The third-order valence-electron chi connectivity index (χ3n) is 5.70. The van der Waals surface area contributed by atoms with Crippen molar-refractivity contribution in [2.45, 2.75) is 47.0 Å². The predicted molar refractivity (Wildman–Crippen MR) is 114 cm³/mol. The molecule has 3 rings (SSSR count). The highest BCUT2D eigenvalue weighted by Crippen LogP contribution is 2.21. The maximum absolute atomic E-state index is 12.5. The second kappa shape index (κ2) is 9.37. The molecule has 1 N–H and O–H groups in total. The van der Waals surface area contributed by atoms with Crippen molar-refractivity contribution >= 4 is 5.91 Å². The Labute approximate surface area is 169 Å². The van der Waals surface area contributed by atoms with Crippen LogP contribution < -0.4 is 5.32 Å². The summed E-state index contributed by atoms with van der Waals surface area (Å²) in [4.78, 5) is 15.0. The van der Waals surface area contributed by atoms with E-state index in [1.54, 1.807) is 0 Å². The van der Waals surface area contributed by atoms with Crippen LogP contribution in [0.3, 0.4) is 0 Å². The molecule has 28 heavy (non-hydrogen) atoms. The molecule has 5 heteroatoms. The Hall–Kier alpha value is -2.14. The van der Waals surface area contributed by atoms with Gasteiger partial charge in [0.05, 0.1) is 17.8 Å². The van der Waals surface area contributed by atoms with Crippen LogP contribution in [0, 0.1) is 25.7 Å². The zero-order chi connectivity index (χ0) is 20.1. The lowest BCUT2D eigenvalue weighted by Gasteiger charge is -2.34. The number of rotatable bonds is 7. The lowest BCUT2D eigenvalue weighted by molar-refractivity contribution is -0.120. The SMILES string of the molecule is Cc1nn(-c2ccccc2)c(C)c1CC(=O)NCCCN1CC(C)CC(C)C1. The molecule has 1 aliphatic heterocycles. The van der Waals surface area contributed by atoms with Crippen LogP contribution in [0.4, 0.5) is 0 Å². The molecular formula is C23H34N4O. The number of piperidine rings is 1. The minimum atomic E-state index is 0.0826. The molecule has 0 radical (unpaired) electrons. The highest BCUT2D eigenvalue weighted by Gasteiger charge is 2.21. The third kappa shape index (κ3) is 5.22. The lowest BCUT2D eigenvalue weighted by Crippen LogP contribution is -2.40. The van der Waals surface area contributed by atoms with Crippen LogP contribution in [0.1, 0.15) is 43.6 Å². The number of carbonyl (C=O) groups is 1. The first-order valence-corrected chi connectivity index (χ1v) is 10.5. The van der Waals surface area contributed by atoms with E-state index in [4.69, 9.17) is 0 Å². The molecule has 0 aliphatic carbocycles. The van der Waals surface area contributed by atoms with E-state index in [1.165, 1.54) is 19.5 Å². The van der Waals surface area contributed by atoms with E-state index in [9.17, 15) is 4.79 Å². The average molecular weight is 383 g/mol. The Morgan fingerprint density at radius 3 is 2.50 bits per heavy atom. The van der Waals surface area contributed by atoms with Crippen molar-refractivity contribution < 1.29 is 4.79 Å². The third-order valence-corrected chi connectivity index (χ3v) is 5.70. The van der Waals surface area contributed by atoms with Crippen LogP contribution in [0.15, 0.2) is 30.3 Å². The fraction of sp³-hybridized carbons (Fsp3) is 0.565. The van der Waals surface area contributed by atoms with Gasteiger partial charge in [-0.1, -0.05) is 32.0 Å². The molecule has 1 fully saturated rings. The van der Waals surface area contributed by atoms with E-state index >= 15 is 0 Å². The predicted octanol–water partition coefficient (Wildman–Crippen LogP) is 3.52. The Balaban J connectivity index is 1.48. The van der Waals surface area contributed by atoms with Crippen molar-refractivity contribution in [3.05, 3.63) is 47.3 Å². The number of likely N-dealkylation sites (tertiary alicyclic amines) is 1. The summed E-state index contributed by atoms with van der Waals surface area (Å²) >= 11 is 0. The molecule has 1 saturated heterocycles. The van der Waals surface area contributed by atoms with Gasteiger partial charge in [-0.15, -0.1) is 0 Å². The summed E-state index contributed by atoms with van der Waals surface area (Å²) in [6, 6.07) is 10.1. The first-order chi connectivity index (χ1) is 13.4. The normalized spacial score (nSPS) is 20.3. The number of carbonyl (C=O) groups excluding carboxylic acids is 1. The lowest BCUT2D eigenvalue weighted by atomic mass is 9.92. The number of hydrogen-bond acceptors (Lipinski definition) is 3. The highest BCUT2D eigenvalue weighted by molar-refractivity contribution is 5.79. The van der Waals surface area contributed by atoms with Crippen molar-refractivity contribution in [2.75, 3.05) is 26.2 Å². The molecular weight excluding hydrogens is 348 g/mol. The number of nitrogens with zero attached hydrogens (tertiary/aromatic N) is 3. The van der Waals surface area contributed by atoms with Crippen LogP contribution in [-0.4, -0.2) is 46.8 Å².